The normalized spacial score (nSPS) is 16.4. The van der Waals surface area contributed by atoms with Crippen LogP contribution in [0, 0.1) is 12.7 Å². The fraction of sp³-hybridized carbons (Fsp3) is 0.300. The summed E-state index contributed by atoms with van der Waals surface area (Å²) in [6.45, 7) is 2.22. The van der Waals surface area contributed by atoms with E-state index < -0.39 is 0 Å². The largest absolute Gasteiger partial charge is 0.378 e. The summed E-state index contributed by atoms with van der Waals surface area (Å²) in [6, 6.07) is 16.9. The minimum absolute atomic E-state index is 0.235. The van der Waals surface area contributed by atoms with Crippen LogP contribution in [-0.2, 0) is 19.4 Å². The first kappa shape index (κ1) is 23.8. The van der Waals surface area contributed by atoms with E-state index in [9.17, 15) is 9.18 Å². The number of halogens is 1. The van der Waals surface area contributed by atoms with E-state index in [4.69, 9.17) is 0 Å². The number of nitrogens with one attached hydrogen (secondary N) is 1. The Kier molecular flexibility index (Phi) is 6.03. The van der Waals surface area contributed by atoms with Crippen LogP contribution in [0.3, 0.4) is 0 Å². The van der Waals surface area contributed by atoms with Crippen LogP contribution in [0.25, 0.3) is 5.00 Å². The number of thiophene rings is 1. The fourth-order valence-corrected chi connectivity index (χ4v) is 6.96. The third kappa shape index (κ3) is 4.21. The number of benzene rings is 2. The highest BCUT2D eigenvalue weighted by molar-refractivity contribution is 7.15. The molecule has 3 heterocycles. The summed E-state index contributed by atoms with van der Waals surface area (Å²) < 4.78 is 16.6. The average molecular weight is 515 g/mol. The molecule has 0 unspecified atom stereocenters. The van der Waals surface area contributed by atoms with Crippen LogP contribution in [-0.4, -0.2) is 29.6 Å². The highest BCUT2D eigenvalue weighted by atomic mass is 32.1. The maximum Gasteiger partial charge on any atom is 0.322 e. The molecule has 4 aromatic rings. The van der Waals surface area contributed by atoms with Crippen LogP contribution in [0.5, 0.6) is 0 Å². The van der Waals surface area contributed by atoms with Gasteiger partial charge in [0, 0.05) is 42.1 Å². The van der Waals surface area contributed by atoms with Crippen molar-refractivity contribution in [2.45, 2.75) is 45.2 Å². The lowest BCUT2D eigenvalue weighted by molar-refractivity contribution is 0.194. The molecule has 2 aromatic heterocycles. The van der Waals surface area contributed by atoms with Crippen molar-refractivity contribution in [1.82, 2.24) is 9.47 Å². The van der Waals surface area contributed by atoms with Gasteiger partial charge in [0.15, 0.2) is 0 Å². The monoisotopic (exact) mass is 514 g/mol. The first-order chi connectivity index (χ1) is 17.9. The van der Waals surface area contributed by atoms with Crippen LogP contribution < -0.4 is 10.2 Å². The minimum Gasteiger partial charge on any atom is -0.378 e. The van der Waals surface area contributed by atoms with Gasteiger partial charge in [-0.25, -0.2) is 9.18 Å². The Morgan fingerprint density at radius 3 is 2.59 bits per heavy atom. The topological polar surface area (TPSA) is 40.5 Å². The fourth-order valence-electron chi connectivity index (χ4n) is 5.56. The molecule has 0 saturated heterocycles. The lowest BCUT2D eigenvalue weighted by Gasteiger charge is -2.31. The number of urea groups is 1. The Morgan fingerprint density at radius 1 is 1.05 bits per heavy atom. The Hall–Kier alpha value is -3.58. The Bertz CT molecular complexity index is 1470. The van der Waals surface area contributed by atoms with Gasteiger partial charge >= 0.3 is 6.03 Å². The second-order valence-electron chi connectivity index (χ2n) is 10.2. The van der Waals surface area contributed by atoms with E-state index in [2.05, 4.69) is 57.4 Å². The Balaban J connectivity index is 1.47. The second-order valence-corrected chi connectivity index (χ2v) is 11.3. The van der Waals surface area contributed by atoms with Gasteiger partial charge in [-0.3, -0.25) is 0 Å². The van der Waals surface area contributed by atoms with Gasteiger partial charge in [0.2, 0.25) is 0 Å². The molecule has 0 spiro atoms. The van der Waals surface area contributed by atoms with E-state index in [1.807, 2.05) is 30.3 Å². The summed E-state index contributed by atoms with van der Waals surface area (Å²) in [5.74, 6) is -0.326. The quantitative estimate of drug-likeness (QED) is 0.318. The molecule has 5 nitrogen and oxygen atoms in total. The van der Waals surface area contributed by atoms with Crippen molar-refractivity contribution in [2.75, 3.05) is 24.3 Å². The molecule has 1 aliphatic heterocycles. The van der Waals surface area contributed by atoms with Crippen LogP contribution in [0.1, 0.15) is 51.7 Å². The average Bonchev–Trinajstić information content (AvgIpc) is 3.48. The van der Waals surface area contributed by atoms with Gasteiger partial charge in [-0.05, 0) is 85.7 Å². The van der Waals surface area contributed by atoms with Gasteiger partial charge in [0.1, 0.15) is 10.8 Å². The van der Waals surface area contributed by atoms with Gasteiger partial charge in [0.05, 0.1) is 18.3 Å². The molecule has 1 atom stereocenters. The molecule has 37 heavy (non-hydrogen) atoms. The number of amides is 2. The summed E-state index contributed by atoms with van der Waals surface area (Å²) in [5, 5.41) is 4.22. The van der Waals surface area contributed by atoms with Gasteiger partial charge in [-0.1, -0.05) is 18.2 Å². The van der Waals surface area contributed by atoms with Crippen molar-refractivity contribution in [3.05, 3.63) is 99.4 Å². The van der Waals surface area contributed by atoms with E-state index in [0.29, 0.717) is 17.8 Å². The lowest BCUT2D eigenvalue weighted by atomic mass is 9.95. The van der Waals surface area contributed by atoms with Gasteiger partial charge < -0.3 is 19.7 Å². The number of hydrogen-bond acceptors (Lipinski definition) is 3. The SMILES string of the molecule is Cc1ccc(NC(=O)N2Cc3c(sc4c3CCCC4)-n3cccc3[C@@H]2c2ccc(N(C)C)cc2)cc1F. The number of fused-ring (bicyclic) bond motifs is 5. The molecule has 0 fully saturated rings. The highest BCUT2D eigenvalue weighted by Gasteiger charge is 2.36. The van der Waals surface area contributed by atoms with Gasteiger partial charge in [-0.2, -0.15) is 0 Å². The molecule has 6 rings (SSSR count). The molecule has 0 saturated carbocycles. The maximum atomic E-state index is 14.3. The summed E-state index contributed by atoms with van der Waals surface area (Å²) in [4.78, 5) is 19.4. The number of carbonyl (C=O) groups is 1. The maximum absolute atomic E-state index is 14.3. The molecule has 0 bridgehead atoms. The molecule has 2 aromatic carbocycles. The first-order valence-corrected chi connectivity index (χ1v) is 13.6. The van der Waals surface area contributed by atoms with E-state index in [0.717, 1.165) is 29.8 Å². The third-order valence-electron chi connectivity index (χ3n) is 7.59. The smallest absolute Gasteiger partial charge is 0.322 e. The standard InChI is InChI=1S/C30H31FN4OS/c1-19-10-13-21(17-25(19)31)32-30(36)35-18-24-23-7-4-5-9-27(23)37-29(24)34-16-6-8-26(34)28(35)20-11-14-22(15-12-20)33(2)3/h6,8,10-17,28H,4-5,7,9,18H2,1-3H3,(H,32,36)/t28-/m0/s1. The minimum atomic E-state index is -0.326. The molecule has 1 aliphatic carbocycles. The number of rotatable bonds is 3. The Labute approximate surface area is 221 Å². The predicted molar refractivity (Wildman–Crippen MR) is 149 cm³/mol. The van der Waals surface area contributed by atoms with Crippen LogP contribution >= 0.6 is 11.3 Å². The summed E-state index contributed by atoms with van der Waals surface area (Å²) in [7, 11) is 4.04. The highest BCUT2D eigenvalue weighted by Crippen LogP contribution is 2.44. The lowest BCUT2D eigenvalue weighted by Crippen LogP contribution is -2.38. The predicted octanol–water partition coefficient (Wildman–Crippen LogP) is 7.07. The third-order valence-corrected chi connectivity index (χ3v) is 8.92. The van der Waals surface area contributed by atoms with Crippen LogP contribution in [0.2, 0.25) is 0 Å². The number of anilines is 2. The van der Waals surface area contributed by atoms with Crippen molar-refractivity contribution in [3.63, 3.8) is 0 Å². The van der Waals surface area contributed by atoms with E-state index in [-0.39, 0.29) is 17.9 Å². The number of carbonyl (C=O) groups excluding carboxylic acids is 1. The zero-order valence-electron chi connectivity index (χ0n) is 21.4. The van der Waals surface area contributed by atoms with Crippen molar-refractivity contribution >= 4 is 28.7 Å². The van der Waals surface area contributed by atoms with Gasteiger partial charge in [-0.15, -0.1) is 11.3 Å². The van der Waals surface area contributed by atoms with E-state index in [1.165, 1.54) is 39.9 Å². The zero-order valence-corrected chi connectivity index (χ0v) is 22.2. The number of hydrogen-bond donors (Lipinski definition) is 1. The molecular formula is C30H31FN4OS. The Morgan fingerprint density at radius 2 is 1.84 bits per heavy atom. The van der Waals surface area contributed by atoms with Crippen molar-refractivity contribution in [1.29, 1.82) is 0 Å². The van der Waals surface area contributed by atoms with Crippen LogP contribution in [0.4, 0.5) is 20.6 Å². The molecule has 0 radical (unpaired) electrons. The van der Waals surface area contributed by atoms with Crippen LogP contribution in [0.15, 0.2) is 60.8 Å². The second kappa shape index (κ2) is 9.38. The summed E-state index contributed by atoms with van der Waals surface area (Å²) >= 11 is 1.87. The number of nitrogens with zero attached hydrogens (tertiary/aromatic N) is 3. The molecule has 7 heteroatoms. The molecular weight excluding hydrogens is 483 g/mol. The van der Waals surface area contributed by atoms with Crippen molar-refractivity contribution < 1.29 is 9.18 Å². The molecule has 190 valence electrons. The molecule has 1 N–H and O–H groups in total. The summed E-state index contributed by atoms with van der Waals surface area (Å²) in [5.41, 5.74) is 6.87. The number of aromatic nitrogens is 1. The van der Waals surface area contributed by atoms with Crippen molar-refractivity contribution in [2.24, 2.45) is 0 Å². The molecule has 2 amide bonds. The van der Waals surface area contributed by atoms with Crippen molar-refractivity contribution in [3.8, 4) is 5.00 Å². The van der Waals surface area contributed by atoms with E-state index in [1.54, 1.807) is 19.1 Å². The number of aryl methyl sites for hydroxylation is 2. The van der Waals surface area contributed by atoms with Gasteiger partial charge in [0.25, 0.3) is 0 Å². The van der Waals surface area contributed by atoms with E-state index >= 15 is 0 Å². The first-order valence-electron chi connectivity index (χ1n) is 12.8. The zero-order chi connectivity index (χ0) is 25.7. The molecule has 2 aliphatic rings. The summed E-state index contributed by atoms with van der Waals surface area (Å²) in [6.07, 6.45) is 6.68.